The van der Waals surface area contributed by atoms with Crippen molar-refractivity contribution in [3.8, 4) is 0 Å². The quantitative estimate of drug-likeness (QED) is 0.848. The third kappa shape index (κ3) is 2.23. The van der Waals surface area contributed by atoms with Crippen LogP contribution in [0.4, 0.5) is 13.2 Å². The van der Waals surface area contributed by atoms with Gasteiger partial charge in [-0.1, -0.05) is 6.07 Å². The highest BCUT2D eigenvalue weighted by molar-refractivity contribution is 5.85. The Labute approximate surface area is 108 Å². The highest BCUT2D eigenvalue weighted by Crippen LogP contribution is 2.39. The summed E-state index contributed by atoms with van der Waals surface area (Å²) in [5.41, 5.74) is 0.671. The predicted octanol–water partition coefficient (Wildman–Crippen LogP) is 3.92. The Morgan fingerprint density at radius 3 is 2.53 bits per heavy atom. The smallest absolute Gasteiger partial charge is 0.417 e. The molecule has 1 aromatic heterocycles. The first-order valence-corrected chi connectivity index (χ1v) is 6.35. The average molecular weight is 269 g/mol. The Bertz CT molecular complexity index is 582. The van der Waals surface area contributed by atoms with E-state index in [1.165, 1.54) is 18.4 Å². The van der Waals surface area contributed by atoms with E-state index in [0.29, 0.717) is 5.58 Å². The number of rotatable bonds is 1. The summed E-state index contributed by atoms with van der Waals surface area (Å²) in [6, 6.07) is 4.16. The number of furan rings is 1. The zero-order valence-corrected chi connectivity index (χ0v) is 10.3. The molecule has 0 radical (unpaired) electrons. The van der Waals surface area contributed by atoms with Crippen LogP contribution in [0.25, 0.3) is 11.0 Å². The molecule has 2 nitrogen and oxygen atoms in total. The van der Waals surface area contributed by atoms with E-state index in [4.69, 9.17) is 4.42 Å². The molecule has 1 N–H and O–H groups in total. The number of hydrogen-bond donors (Lipinski definition) is 1. The zero-order chi connectivity index (χ0) is 13.5. The van der Waals surface area contributed by atoms with Gasteiger partial charge in [0.1, 0.15) is 5.58 Å². The minimum absolute atomic E-state index is 0.170. The van der Waals surface area contributed by atoms with Crippen LogP contribution in [0.5, 0.6) is 0 Å². The molecule has 1 aliphatic rings. The SMILES string of the molecule is FC(F)(F)c1ccc(C2CCNCC2)c2occc12. The van der Waals surface area contributed by atoms with E-state index >= 15 is 0 Å². The maximum absolute atomic E-state index is 12.9. The zero-order valence-electron chi connectivity index (χ0n) is 10.3. The van der Waals surface area contributed by atoms with Gasteiger partial charge in [0.15, 0.2) is 0 Å². The first-order chi connectivity index (χ1) is 9.07. The fraction of sp³-hybridized carbons (Fsp3) is 0.429. The van der Waals surface area contributed by atoms with Crippen LogP contribution in [0.3, 0.4) is 0 Å². The van der Waals surface area contributed by atoms with Gasteiger partial charge in [0.25, 0.3) is 0 Å². The fourth-order valence-electron chi connectivity index (χ4n) is 2.79. The lowest BCUT2D eigenvalue weighted by Gasteiger charge is -2.23. The lowest BCUT2D eigenvalue weighted by molar-refractivity contribution is -0.136. The summed E-state index contributed by atoms with van der Waals surface area (Å²) in [5, 5.41) is 3.42. The van der Waals surface area contributed by atoms with Crippen molar-refractivity contribution in [2.75, 3.05) is 13.1 Å². The first kappa shape index (κ1) is 12.5. The van der Waals surface area contributed by atoms with E-state index in [1.807, 2.05) is 0 Å². The number of nitrogens with one attached hydrogen (secondary N) is 1. The van der Waals surface area contributed by atoms with Crippen LogP contribution in [0.1, 0.15) is 29.9 Å². The Balaban J connectivity index is 2.10. The molecule has 1 aromatic carbocycles. The van der Waals surface area contributed by atoms with Gasteiger partial charge in [0.05, 0.1) is 11.8 Å². The maximum atomic E-state index is 12.9. The molecule has 2 aromatic rings. The molecule has 102 valence electrons. The van der Waals surface area contributed by atoms with Crippen molar-refractivity contribution < 1.29 is 17.6 Å². The maximum Gasteiger partial charge on any atom is 0.417 e. The van der Waals surface area contributed by atoms with Crippen LogP contribution >= 0.6 is 0 Å². The van der Waals surface area contributed by atoms with Crippen molar-refractivity contribution >= 4 is 11.0 Å². The molecule has 0 amide bonds. The van der Waals surface area contributed by atoms with Crippen molar-refractivity contribution in [1.29, 1.82) is 0 Å². The van der Waals surface area contributed by atoms with Gasteiger partial charge in [-0.15, -0.1) is 0 Å². The summed E-state index contributed by atoms with van der Waals surface area (Å²) in [6.45, 7) is 1.79. The second-order valence-electron chi connectivity index (χ2n) is 4.89. The van der Waals surface area contributed by atoms with E-state index < -0.39 is 11.7 Å². The molecule has 0 atom stereocenters. The van der Waals surface area contributed by atoms with Gasteiger partial charge in [-0.25, -0.2) is 0 Å². The first-order valence-electron chi connectivity index (χ1n) is 6.35. The number of hydrogen-bond acceptors (Lipinski definition) is 2. The summed E-state index contributed by atoms with van der Waals surface area (Å²) >= 11 is 0. The number of fused-ring (bicyclic) bond motifs is 1. The van der Waals surface area contributed by atoms with Crippen LogP contribution in [0.15, 0.2) is 28.9 Å². The van der Waals surface area contributed by atoms with Crippen LogP contribution < -0.4 is 5.32 Å². The number of alkyl halides is 3. The molecule has 3 rings (SSSR count). The fourth-order valence-corrected chi connectivity index (χ4v) is 2.79. The molecule has 1 fully saturated rings. The molecule has 1 aliphatic heterocycles. The van der Waals surface area contributed by atoms with E-state index in [-0.39, 0.29) is 11.3 Å². The minimum Gasteiger partial charge on any atom is -0.464 e. The summed E-state index contributed by atoms with van der Waals surface area (Å²) in [4.78, 5) is 0. The van der Waals surface area contributed by atoms with Crippen molar-refractivity contribution in [1.82, 2.24) is 5.32 Å². The number of piperidine rings is 1. The molecular weight excluding hydrogens is 255 g/mol. The molecule has 0 aliphatic carbocycles. The van der Waals surface area contributed by atoms with Gasteiger partial charge < -0.3 is 9.73 Å². The molecule has 2 heterocycles. The van der Waals surface area contributed by atoms with Crippen LogP contribution in [0.2, 0.25) is 0 Å². The molecule has 19 heavy (non-hydrogen) atoms. The number of halogens is 3. The second kappa shape index (κ2) is 4.56. The molecule has 0 bridgehead atoms. The van der Waals surface area contributed by atoms with Gasteiger partial charge in [0.2, 0.25) is 0 Å². The molecule has 0 spiro atoms. The highest BCUT2D eigenvalue weighted by atomic mass is 19.4. The molecule has 0 unspecified atom stereocenters. The number of benzene rings is 1. The molecule has 0 saturated carbocycles. The predicted molar refractivity (Wildman–Crippen MR) is 66.1 cm³/mol. The van der Waals surface area contributed by atoms with Crippen LogP contribution in [0, 0.1) is 0 Å². The van der Waals surface area contributed by atoms with Crippen molar-refractivity contribution in [2.24, 2.45) is 0 Å². The summed E-state index contributed by atoms with van der Waals surface area (Å²) in [5.74, 6) is 0.275. The van der Waals surface area contributed by atoms with Gasteiger partial charge in [0, 0.05) is 5.39 Å². The van der Waals surface area contributed by atoms with Crippen LogP contribution in [-0.2, 0) is 6.18 Å². The summed E-state index contributed by atoms with van der Waals surface area (Å²) < 4.78 is 44.1. The molecular formula is C14H14F3NO. The van der Waals surface area contributed by atoms with Gasteiger partial charge in [-0.05, 0) is 49.5 Å². The second-order valence-corrected chi connectivity index (χ2v) is 4.89. The minimum atomic E-state index is -4.34. The Morgan fingerprint density at radius 1 is 1.11 bits per heavy atom. The highest BCUT2D eigenvalue weighted by Gasteiger charge is 2.34. The Kier molecular flexibility index (Phi) is 3.01. The lowest BCUT2D eigenvalue weighted by Crippen LogP contribution is -2.26. The summed E-state index contributed by atoms with van der Waals surface area (Å²) in [7, 11) is 0. The van der Waals surface area contributed by atoms with E-state index in [9.17, 15) is 13.2 Å². The monoisotopic (exact) mass is 269 g/mol. The van der Waals surface area contributed by atoms with E-state index in [2.05, 4.69) is 5.32 Å². The van der Waals surface area contributed by atoms with Gasteiger partial charge >= 0.3 is 6.18 Å². The largest absolute Gasteiger partial charge is 0.464 e. The normalized spacial score (nSPS) is 18.1. The Morgan fingerprint density at radius 2 is 1.84 bits per heavy atom. The third-order valence-corrected chi connectivity index (χ3v) is 3.73. The average Bonchev–Trinajstić information content (AvgIpc) is 2.86. The van der Waals surface area contributed by atoms with Crippen molar-refractivity contribution in [3.05, 3.63) is 35.6 Å². The third-order valence-electron chi connectivity index (χ3n) is 3.73. The summed E-state index contributed by atoms with van der Waals surface area (Å²) in [6.07, 6.45) is -1.14. The van der Waals surface area contributed by atoms with Crippen LogP contribution in [-0.4, -0.2) is 13.1 Å². The topological polar surface area (TPSA) is 25.2 Å². The van der Waals surface area contributed by atoms with Gasteiger partial charge in [-0.3, -0.25) is 0 Å². The molecule has 1 saturated heterocycles. The standard InChI is InChI=1S/C14H14F3NO/c15-14(16,17)12-2-1-10(9-3-6-18-7-4-9)13-11(12)5-8-19-13/h1-2,5,8-9,18H,3-4,6-7H2. The van der Waals surface area contributed by atoms with E-state index in [0.717, 1.165) is 31.5 Å². The Hall–Kier alpha value is -1.49. The van der Waals surface area contributed by atoms with E-state index in [1.54, 1.807) is 6.07 Å². The lowest BCUT2D eigenvalue weighted by atomic mass is 9.88. The van der Waals surface area contributed by atoms with Crippen molar-refractivity contribution in [3.63, 3.8) is 0 Å². The van der Waals surface area contributed by atoms with Crippen molar-refractivity contribution in [2.45, 2.75) is 24.9 Å². The molecule has 5 heteroatoms. The van der Waals surface area contributed by atoms with Gasteiger partial charge in [-0.2, -0.15) is 13.2 Å².